The first kappa shape index (κ1) is 17.7. The van der Waals surface area contributed by atoms with E-state index in [1.165, 1.54) is 17.0 Å². The third kappa shape index (κ3) is 4.08. The van der Waals surface area contributed by atoms with E-state index in [-0.39, 0.29) is 17.4 Å². The molecule has 0 aromatic heterocycles. The van der Waals surface area contributed by atoms with Crippen LogP contribution in [-0.4, -0.2) is 23.4 Å². The summed E-state index contributed by atoms with van der Waals surface area (Å²) in [5, 5.41) is 2.60. The molecule has 5 nitrogen and oxygen atoms in total. The Labute approximate surface area is 151 Å². The van der Waals surface area contributed by atoms with Crippen LogP contribution in [-0.2, 0) is 4.79 Å². The van der Waals surface area contributed by atoms with Crippen LogP contribution in [0.2, 0.25) is 0 Å². The molecule has 1 N–H and O–H groups in total. The van der Waals surface area contributed by atoms with Crippen molar-refractivity contribution in [1.29, 1.82) is 0 Å². The van der Waals surface area contributed by atoms with Crippen molar-refractivity contribution in [2.75, 3.05) is 6.54 Å². The zero-order valence-electron chi connectivity index (χ0n) is 14.4. The van der Waals surface area contributed by atoms with Crippen molar-refractivity contribution in [3.63, 3.8) is 0 Å². The lowest BCUT2D eigenvalue weighted by Gasteiger charge is -2.10. The molecule has 134 valence electrons. The quantitative estimate of drug-likeness (QED) is 0.621. The highest BCUT2D eigenvalue weighted by Crippen LogP contribution is 2.24. The number of nitrogens with one attached hydrogen (secondary N) is 1. The Hall–Kier alpha value is -3.15. The number of rotatable bonds is 6. The summed E-state index contributed by atoms with van der Waals surface area (Å²) in [6.45, 7) is 2.40. The van der Waals surface area contributed by atoms with Crippen molar-refractivity contribution in [3.05, 3.63) is 65.6 Å². The molecule has 0 unspecified atom stereocenters. The van der Waals surface area contributed by atoms with E-state index in [0.717, 1.165) is 12.8 Å². The van der Waals surface area contributed by atoms with Crippen LogP contribution < -0.4 is 10.1 Å². The molecule has 0 atom stereocenters. The second-order valence-electron chi connectivity index (χ2n) is 5.93. The number of imide groups is 1. The monoisotopic (exact) mass is 354 g/mol. The average Bonchev–Trinajstić information content (AvgIpc) is 2.87. The van der Waals surface area contributed by atoms with Crippen molar-refractivity contribution in [3.8, 4) is 11.5 Å². The number of ether oxygens (including phenoxy) is 1. The van der Waals surface area contributed by atoms with Gasteiger partial charge in [0.1, 0.15) is 23.0 Å². The van der Waals surface area contributed by atoms with E-state index in [1.54, 1.807) is 42.5 Å². The normalized spacial score (nSPS) is 15.5. The first-order chi connectivity index (χ1) is 12.6. The second kappa shape index (κ2) is 7.82. The number of benzene rings is 2. The van der Waals surface area contributed by atoms with Crippen LogP contribution in [0.15, 0.2) is 54.2 Å². The molecule has 3 rings (SSSR count). The van der Waals surface area contributed by atoms with Gasteiger partial charge in [-0.05, 0) is 42.3 Å². The molecule has 0 bridgehead atoms. The van der Waals surface area contributed by atoms with Crippen LogP contribution in [0.5, 0.6) is 11.5 Å². The molecule has 0 spiro atoms. The summed E-state index contributed by atoms with van der Waals surface area (Å²) >= 11 is 0. The van der Waals surface area contributed by atoms with Crippen molar-refractivity contribution < 1.29 is 18.7 Å². The summed E-state index contributed by atoms with van der Waals surface area (Å²) in [5.74, 6) is 0.169. The van der Waals surface area contributed by atoms with E-state index in [4.69, 9.17) is 4.74 Å². The molecule has 0 aliphatic carbocycles. The highest BCUT2D eigenvalue weighted by molar-refractivity contribution is 6.13. The highest BCUT2D eigenvalue weighted by Gasteiger charge is 2.32. The third-order valence-electron chi connectivity index (χ3n) is 3.90. The Kier molecular flexibility index (Phi) is 5.31. The summed E-state index contributed by atoms with van der Waals surface area (Å²) in [7, 11) is 0. The molecule has 3 amide bonds. The number of halogens is 1. The van der Waals surface area contributed by atoms with Gasteiger partial charge in [-0.25, -0.2) is 9.18 Å². The lowest BCUT2D eigenvalue weighted by molar-refractivity contribution is -0.122. The van der Waals surface area contributed by atoms with Crippen LogP contribution in [0.1, 0.15) is 25.3 Å². The minimum absolute atomic E-state index is 0.231. The maximum Gasteiger partial charge on any atom is 0.329 e. The minimum atomic E-state index is -0.401. The van der Waals surface area contributed by atoms with Gasteiger partial charge in [-0.2, -0.15) is 0 Å². The molecule has 1 saturated heterocycles. The molecule has 1 aliphatic rings. The van der Waals surface area contributed by atoms with Gasteiger partial charge in [-0.1, -0.05) is 31.5 Å². The molecule has 26 heavy (non-hydrogen) atoms. The zero-order chi connectivity index (χ0) is 18.5. The highest BCUT2D eigenvalue weighted by atomic mass is 19.1. The molecule has 2 aromatic carbocycles. The Morgan fingerprint density at radius 2 is 1.85 bits per heavy atom. The number of hydrogen-bond acceptors (Lipinski definition) is 3. The summed E-state index contributed by atoms with van der Waals surface area (Å²) in [6.07, 6.45) is 3.27. The van der Waals surface area contributed by atoms with Gasteiger partial charge in [-0.15, -0.1) is 0 Å². The maximum atomic E-state index is 13.3. The molecule has 1 fully saturated rings. The van der Waals surface area contributed by atoms with Crippen molar-refractivity contribution in [2.45, 2.75) is 19.8 Å². The Morgan fingerprint density at radius 1 is 1.12 bits per heavy atom. The van der Waals surface area contributed by atoms with Gasteiger partial charge in [0.2, 0.25) is 0 Å². The molecule has 2 aromatic rings. The van der Waals surface area contributed by atoms with Crippen LogP contribution in [0.4, 0.5) is 9.18 Å². The van der Waals surface area contributed by atoms with E-state index in [2.05, 4.69) is 5.32 Å². The number of unbranched alkanes of at least 4 members (excludes halogenated alkanes) is 1. The Balaban J connectivity index is 1.77. The number of hydrogen-bond donors (Lipinski definition) is 1. The Bertz CT molecular complexity index is 864. The largest absolute Gasteiger partial charge is 0.457 e. The number of urea groups is 1. The van der Waals surface area contributed by atoms with E-state index in [9.17, 15) is 14.0 Å². The number of carbonyl (C=O) groups is 2. The third-order valence-corrected chi connectivity index (χ3v) is 3.90. The van der Waals surface area contributed by atoms with E-state index in [1.807, 2.05) is 6.92 Å². The molecule has 1 heterocycles. The standard InChI is InChI=1S/C20H19FN2O3/c1-2-3-10-23-19(24)18(22-20(23)25)12-14-6-4-8-16(11-14)26-17-9-5-7-15(21)13-17/h4-9,11-13H,2-3,10H2,1H3,(H,22,25). The van der Waals surface area contributed by atoms with Crippen LogP contribution in [0, 0.1) is 5.82 Å². The van der Waals surface area contributed by atoms with Crippen molar-refractivity contribution >= 4 is 18.0 Å². The first-order valence-electron chi connectivity index (χ1n) is 8.45. The van der Waals surface area contributed by atoms with Gasteiger partial charge in [-0.3, -0.25) is 9.69 Å². The molecular formula is C20H19FN2O3. The minimum Gasteiger partial charge on any atom is -0.457 e. The summed E-state index contributed by atoms with van der Waals surface area (Å²) in [5.41, 5.74) is 0.925. The summed E-state index contributed by atoms with van der Waals surface area (Å²) < 4.78 is 18.9. The molecule has 0 saturated carbocycles. The average molecular weight is 354 g/mol. The van der Waals surface area contributed by atoms with E-state index < -0.39 is 6.03 Å². The van der Waals surface area contributed by atoms with E-state index in [0.29, 0.717) is 23.6 Å². The van der Waals surface area contributed by atoms with Crippen molar-refractivity contribution in [1.82, 2.24) is 10.2 Å². The maximum absolute atomic E-state index is 13.3. The number of nitrogens with zero attached hydrogens (tertiary/aromatic N) is 1. The van der Waals surface area contributed by atoms with Gasteiger partial charge >= 0.3 is 6.03 Å². The van der Waals surface area contributed by atoms with Gasteiger partial charge < -0.3 is 10.1 Å². The Morgan fingerprint density at radius 3 is 2.58 bits per heavy atom. The molecule has 1 aliphatic heterocycles. The van der Waals surface area contributed by atoms with E-state index >= 15 is 0 Å². The SMILES string of the molecule is CCCCN1C(=O)NC(=Cc2cccc(Oc3cccc(F)c3)c2)C1=O. The molecule has 6 heteroatoms. The number of carbonyl (C=O) groups excluding carboxylic acids is 2. The van der Waals surface area contributed by atoms with Gasteiger partial charge in [0.05, 0.1) is 0 Å². The van der Waals surface area contributed by atoms with Crippen LogP contribution in [0.25, 0.3) is 6.08 Å². The lowest BCUT2D eigenvalue weighted by atomic mass is 10.1. The predicted octanol–water partition coefficient (Wildman–Crippen LogP) is 4.31. The van der Waals surface area contributed by atoms with Gasteiger partial charge in [0.25, 0.3) is 5.91 Å². The molecule has 0 radical (unpaired) electrons. The van der Waals surface area contributed by atoms with Gasteiger partial charge in [0, 0.05) is 12.6 Å². The number of amides is 3. The zero-order valence-corrected chi connectivity index (χ0v) is 14.4. The first-order valence-corrected chi connectivity index (χ1v) is 8.45. The lowest BCUT2D eigenvalue weighted by Crippen LogP contribution is -2.31. The van der Waals surface area contributed by atoms with Crippen LogP contribution >= 0.6 is 0 Å². The smallest absolute Gasteiger partial charge is 0.329 e. The van der Waals surface area contributed by atoms with Crippen LogP contribution in [0.3, 0.4) is 0 Å². The summed E-state index contributed by atoms with van der Waals surface area (Å²) in [6, 6.07) is 12.4. The van der Waals surface area contributed by atoms with Crippen molar-refractivity contribution in [2.24, 2.45) is 0 Å². The topological polar surface area (TPSA) is 58.6 Å². The fourth-order valence-corrected chi connectivity index (χ4v) is 2.59. The fourth-order valence-electron chi connectivity index (χ4n) is 2.59. The fraction of sp³-hybridized carbons (Fsp3) is 0.200. The van der Waals surface area contributed by atoms with Gasteiger partial charge in [0.15, 0.2) is 0 Å². The molecular weight excluding hydrogens is 335 g/mol. The second-order valence-corrected chi connectivity index (χ2v) is 5.93. The summed E-state index contributed by atoms with van der Waals surface area (Å²) in [4.78, 5) is 25.5. The predicted molar refractivity (Wildman–Crippen MR) is 96.0 cm³/mol.